The molecule has 4 nitrogen and oxygen atoms in total. The number of hydrogen-bond acceptors (Lipinski definition) is 4. The van der Waals surface area contributed by atoms with Gasteiger partial charge in [0, 0.05) is 24.7 Å². The van der Waals surface area contributed by atoms with Crippen molar-refractivity contribution in [1.29, 1.82) is 0 Å². The molecule has 0 aliphatic carbocycles. The molecule has 1 saturated heterocycles. The molecule has 1 N–H and O–H groups in total. The molecule has 0 amide bonds. The minimum absolute atomic E-state index is 0.539. The SMILES string of the molecule is CNCC1CCCN1c1ccc(-c2ccccc2)nn1. The summed E-state index contributed by atoms with van der Waals surface area (Å²) in [5.74, 6) is 0.988. The van der Waals surface area contributed by atoms with Gasteiger partial charge in [0.05, 0.1) is 5.69 Å². The number of aromatic nitrogens is 2. The van der Waals surface area contributed by atoms with E-state index in [0.717, 1.165) is 30.2 Å². The molecular weight excluding hydrogens is 248 g/mol. The van der Waals surface area contributed by atoms with Crippen molar-refractivity contribution in [2.24, 2.45) is 0 Å². The molecule has 2 aromatic rings. The van der Waals surface area contributed by atoms with Gasteiger partial charge in [-0.25, -0.2) is 0 Å². The van der Waals surface area contributed by atoms with Crippen LogP contribution >= 0.6 is 0 Å². The van der Waals surface area contributed by atoms with Gasteiger partial charge in [0.15, 0.2) is 5.82 Å². The lowest BCUT2D eigenvalue weighted by atomic mass is 10.1. The average Bonchev–Trinajstić information content (AvgIpc) is 2.97. The Bertz CT molecular complexity index is 538. The zero-order chi connectivity index (χ0) is 13.8. The van der Waals surface area contributed by atoms with E-state index in [4.69, 9.17) is 0 Å². The second-order valence-electron chi connectivity index (χ2n) is 5.19. The Labute approximate surface area is 119 Å². The molecule has 3 rings (SSSR count). The molecule has 2 heterocycles. The fourth-order valence-electron chi connectivity index (χ4n) is 2.83. The first-order valence-electron chi connectivity index (χ1n) is 7.19. The molecule has 1 fully saturated rings. The standard InChI is InChI=1S/C16H20N4/c1-17-12-14-8-5-11-20(14)16-10-9-15(18-19-16)13-6-3-2-4-7-13/h2-4,6-7,9-10,14,17H,5,8,11-12H2,1H3. The van der Waals surface area contributed by atoms with Gasteiger partial charge in [-0.2, -0.15) is 0 Å². The first-order chi connectivity index (χ1) is 9.88. The van der Waals surface area contributed by atoms with Crippen LogP contribution in [0.25, 0.3) is 11.3 Å². The third-order valence-corrected chi connectivity index (χ3v) is 3.83. The second-order valence-corrected chi connectivity index (χ2v) is 5.19. The van der Waals surface area contributed by atoms with E-state index in [1.165, 1.54) is 12.8 Å². The highest BCUT2D eigenvalue weighted by atomic mass is 15.3. The molecule has 0 bridgehead atoms. The van der Waals surface area contributed by atoms with Gasteiger partial charge in [0.2, 0.25) is 0 Å². The molecule has 0 radical (unpaired) electrons. The molecule has 0 saturated carbocycles. The number of benzene rings is 1. The Morgan fingerprint density at radius 3 is 2.70 bits per heavy atom. The van der Waals surface area contributed by atoms with Crippen LogP contribution in [0, 0.1) is 0 Å². The average molecular weight is 268 g/mol. The van der Waals surface area contributed by atoms with Gasteiger partial charge in [-0.15, -0.1) is 10.2 Å². The number of rotatable bonds is 4. The minimum atomic E-state index is 0.539. The van der Waals surface area contributed by atoms with Crippen LogP contribution in [-0.4, -0.2) is 36.4 Å². The Kier molecular flexibility index (Phi) is 3.92. The summed E-state index contributed by atoms with van der Waals surface area (Å²) in [7, 11) is 2.00. The Balaban J connectivity index is 1.79. The quantitative estimate of drug-likeness (QED) is 0.924. The normalized spacial score (nSPS) is 18.4. The van der Waals surface area contributed by atoms with Crippen LogP contribution in [0.2, 0.25) is 0 Å². The van der Waals surface area contributed by atoms with Crippen molar-refractivity contribution < 1.29 is 0 Å². The summed E-state index contributed by atoms with van der Waals surface area (Å²) >= 11 is 0. The maximum atomic E-state index is 4.42. The molecule has 20 heavy (non-hydrogen) atoms. The maximum absolute atomic E-state index is 4.42. The zero-order valence-electron chi connectivity index (χ0n) is 11.8. The van der Waals surface area contributed by atoms with Gasteiger partial charge in [0.1, 0.15) is 0 Å². The van der Waals surface area contributed by atoms with Gasteiger partial charge in [-0.1, -0.05) is 30.3 Å². The van der Waals surface area contributed by atoms with Crippen LogP contribution in [0.5, 0.6) is 0 Å². The van der Waals surface area contributed by atoms with Crippen LogP contribution in [0.1, 0.15) is 12.8 Å². The second kappa shape index (κ2) is 6.01. The van der Waals surface area contributed by atoms with Crippen molar-refractivity contribution in [3.63, 3.8) is 0 Å². The summed E-state index contributed by atoms with van der Waals surface area (Å²) in [6, 6.07) is 14.9. The minimum Gasteiger partial charge on any atom is -0.351 e. The van der Waals surface area contributed by atoms with Gasteiger partial charge in [-0.3, -0.25) is 0 Å². The number of hydrogen-bond donors (Lipinski definition) is 1. The van der Waals surface area contributed by atoms with Crippen LogP contribution < -0.4 is 10.2 Å². The fraction of sp³-hybridized carbons (Fsp3) is 0.375. The molecule has 1 aromatic heterocycles. The maximum Gasteiger partial charge on any atom is 0.151 e. The van der Waals surface area contributed by atoms with Crippen molar-refractivity contribution >= 4 is 5.82 Å². The summed E-state index contributed by atoms with van der Waals surface area (Å²) < 4.78 is 0. The van der Waals surface area contributed by atoms with Gasteiger partial charge in [0.25, 0.3) is 0 Å². The number of nitrogens with one attached hydrogen (secondary N) is 1. The number of likely N-dealkylation sites (N-methyl/N-ethyl adjacent to an activating group) is 1. The highest BCUT2D eigenvalue weighted by Crippen LogP contribution is 2.24. The van der Waals surface area contributed by atoms with Crippen LogP contribution in [-0.2, 0) is 0 Å². The van der Waals surface area contributed by atoms with Crippen molar-refractivity contribution in [1.82, 2.24) is 15.5 Å². The summed E-state index contributed by atoms with van der Waals surface area (Å²) in [6.07, 6.45) is 2.46. The summed E-state index contributed by atoms with van der Waals surface area (Å²) in [6.45, 7) is 2.08. The fourth-order valence-corrected chi connectivity index (χ4v) is 2.83. The van der Waals surface area contributed by atoms with E-state index in [-0.39, 0.29) is 0 Å². The monoisotopic (exact) mass is 268 g/mol. The van der Waals surface area contributed by atoms with E-state index in [9.17, 15) is 0 Å². The largest absolute Gasteiger partial charge is 0.351 e. The molecule has 1 unspecified atom stereocenters. The lowest BCUT2D eigenvalue weighted by Gasteiger charge is -2.25. The first-order valence-corrected chi connectivity index (χ1v) is 7.19. The van der Waals surface area contributed by atoms with Crippen molar-refractivity contribution in [2.45, 2.75) is 18.9 Å². The van der Waals surface area contributed by atoms with E-state index in [0.29, 0.717) is 6.04 Å². The van der Waals surface area contributed by atoms with E-state index >= 15 is 0 Å². The molecular formula is C16H20N4. The summed E-state index contributed by atoms with van der Waals surface area (Å²) in [4.78, 5) is 2.36. The molecule has 1 atom stereocenters. The topological polar surface area (TPSA) is 41.0 Å². The Hall–Kier alpha value is -1.94. The zero-order valence-corrected chi connectivity index (χ0v) is 11.8. The predicted molar refractivity (Wildman–Crippen MR) is 81.8 cm³/mol. The molecule has 1 aromatic carbocycles. The van der Waals surface area contributed by atoms with Crippen molar-refractivity contribution in [3.05, 3.63) is 42.5 Å². The smallest absolute Gasteiger partial charge is 0.151 e. The predicted octanol–water partition coefficient (Wildman–Crippen LogP) is 2.33. The van der Waals surface area contributed by atoms with E-state index in [1.807, 2.05) is 25.2 Å². The summed E-state index contributed by atoms with van der Waals surface area (Å²) in [5, 5.41) is 12.1. The molecule has 1 aliphatic rings. The van der Waals surface area contributed by atoms with Gasteiger partial charge < -0.3 is 10.2 Å². The first kappa shape index (κ1) is 13.1. The van der Waals surface area contributed by atoms with E-state index in [2.05, 4.69) is 44.7 Å². The van der Waals surface area contributed by atoms with Gasteiger partial charge >= 0.3 is 0 Å². The lowest BCUT2D eigenvalue weighted by molar-refractivity contribution is 0.610. The molecule has 0 spiro atoms. The van der Waals surface area contributed by atoms with Gasteiger partial charge in [-0.05, 0) is 32.0 Å². The van der Waals surface area contributed by atoms with Crippen LogP contribution in [0.15, 0.2) is 42.5 Å². The van der Waals surface area contributed by atoms with Crippen molar-refractivity contribution in [3.8, 4) is 11.3 Å². The van der Waals surface area contributed by atoms with E-state index < -0.39 is 0 Å². The molecule has 4 heteroatoms. The highest BCUT2D eigenvalue weighted by Gasteiger charge is 2.25. The summed E-state index contributed by atoms with van der Waals surface area (Å²) in [5.41, 5.74) is 2.04. The number of anilines is 1. The third-order valence-electron chi connectivity index (χ3n) is 3.83. The Morgan fingerprint density at radius 1 is 1.15 bits per heavy atom. The van der Waals surface area contributed by atoms with E-state index in [1.54, 1.807) is 0 Å². The highest BCUT2D eigenvalue weighted by molar-refractivity contribution is 5.59. The van der Waals surface area contributed by atoms with Crippen molar-refractivity contribution in [2.75, 3.05) is 25.0 Å². The third kappa shape index (κ3) is 2.65. The molecule has 104 valence electrons. The lowest BCUT2D eigenvalue weighted by Crippen LogP contribution is -2.37. The number of nitrogens with zero attached hydrogens (tertiary/aromatic N) is 3. The van der Waals surface area contributed by atoms with Crippen LogP contribution in [0.3, 0.4) is 0 Å². The molecule has 1 aliphatic heterocycles. The Morgan fingerprint density at radius 2 is 2.00 bits per heavy atom. The van der Waals surface area contributed by atoms with Crippen LogP contribution in [0.4, 0.5) is 5.82 Å².